The van der Waals surface area contributed by atoms with Crippen LogP contribution >= 0.6 is 0 Å². The number of hydrogen-bond donors (Lipinski definition) is 1. The Kier molecular flexibility index (Phi) is 3.93. The van der Waals surface area contributed by atoms with Crippen molar-refractivity contribution in [2.75, 3.05) is 20.0 Å². The van der Waals surface area contributed by atoms with Gasteiger partial charge in [0, 0.05) is 43.1 Å². The number of halogens is 1. The number of ether oxygens (including phenoxy) is 1. The molecular weight excluding hydrogens is 453 g/mol. The first-order chi connectivity index (χ1) is 22.3. The second-order valence-corrected chi connectivity index (χ2v) is 9.65. The van der Waals surface area contributed by atoms with E-state index in [1.807, 2.05) is 0 Å². The average molecular weight is 505 g/mol. The van der Waals surface area contributed by atoms with Gasteiger partial charge in [-0.25, -0.2) is 9.37 Å². The maximum atomic E-state index is 14.5. The van der Waals surface area contributed by atoms with Gasteiger partial charge >= 0.3 is 5.97 Å². The largest absolute Gasteiger partial charge is 0.458 e. The predicted octanol–water partition coefficient (Wildman–Crippen LogP) is 6.03. The van der Waals surface area contributed by atoms with Crippen LogP contribution in [0.4, 0.5) is 4.39 Å². The van der Waals surface area contributed by atoms with Gasteiger partial charge < -0.3 is 14.6 Å². The van der Waals surface area contributed by atoms with Crippen LogP contribution in [0.3, 0.4) is 0 Å². The number of aryl methyl sites for hydroxylation is 2. The van der Waals surface area contributed by atoms with Crippen molar-refractivity contribution in [3.8, 4) is 0 Å². The van der Waals surface area contributed by atoms with E-state index in [1.165, 1.54) is 12.1 Å². The van der Waals surface area contributed by atoms with E-state index in [2.05, 4.69) is 9.97 Å². The summed E-state index contributed by atoms with van der Waals surface area (Å²) in [6.07, 6.45) is -13.0. The molecule has 2 aromatic carbocycles. The molecule has 2 unspecified atom stereocenters. The fourth-order valence-corrected chi connectivity index (χ4v) is 4.75. The molecule has 2 aliphatic rings. The predicted molar refractivity (Wildman–Crippen MR) is 140 cm³/mol. The van der Waals surface area contributed by atoms with Crippen molar-refractivity contribution < 1.29 is 31.7 Å². The highest BCUT2D eigenvalue weighted by atomic mass is 19.1. The van der Waals surface area contributed by atoms with E-state index in [9.17, 15) is 11.9 Å². The van der Waals surface area contributed by atoms with Crippen molar-refractivity contribution in [1.82, 2.24) is 14.9 Å². The number of carbonyl (C=O) groups is 1. The minimum Gasteiger partial charge on any atom is -0.458 e. The molecule has 0 aliphatic heterocycles. The monoisotopic (exact) mass is 504 g/mol. The summed E-state index contributed by atoms with van der Waals surface area (Å²) in [6, 6.07) is 9.52. The number of aromatic amines is 1. The van der Waals surface area contributed by atoms with Crippen LogP contribution in [-0.2, 0) is 22.3 Å². The number of para-hydroxylation sites is 2. The zero-order chi connectivity index (χ0) is 36.8. The third-order valence-corrected chi connectivity index (χ3v) is 6.59. The number of imidazole rings is 1. The Labute approximate surface area is 231 Å². The quantitative estimate of drug-likeness (QED) is 0.342. The lowest BCUT2D eigenvalue weighted by Gasteiger charge is -2.47. The Bertz CT molecular complexity index is 1710. The summed E-state index contributed by atoms with van der Waals surface area (Å²) >= 11 is 0. The van der Waals surface area contributed by atoms with Gasteiger partial charge in [0.15, 0.2) is 0 Å². The van der Waals surface area contributed by atoms with Gasteiger partial charge in [-0.05, 0) is 86.7 Å². The molecule has 1 N–H and O–H groups in total. The first kappa shape index (κ1) is 13.7. The molecule has 0 bridgehead atoms. The summed E-state index contributed by atoms with van der Waals surface area (Å²) in [5, 5.41) is 0. The molecule has 1 aromatic heterocycles. The molecule has 192 valence electrons. The maximum absolute atomic E-state index is 14.5. The van der Waals surface area contributed by atoms with Gasteiger partial charge in [-0.2, -0.15) is 0 Å². The molecule has 5 nitrogen and oxygen atoms in total. The molecule has 0 radical (unpaired) electrons. The molecule has 2 atom stereocenters. The molecule has 6 heteroatoms. The van der Waals surface area contributed by atoms with Gasteiger partial charge in [0.25, 0.3) is 0 Å². The number of fused-ring (bicyclic) bond motifs is 2. The molecule has 2 aliphatic carbocycles. The summed E-state index contributed by atoms with van der Waals surface area (Å²) in [7, 11) is 0. The number of aromatic nitrogens is 2. The summed E-state index contributed by atoms with van der Waals surface area (Å²) < 4.78 is 134. The standard InChI is InChI=1S/C30H38FN3O2/c1-20(2)28-24-13-12-23(31)19-22(24)14-15-30(28,36-29(35)21-10-11-21)16-18-34(3)17-6-9-27-32-25-7-4-5-8-26(25)33-27/h4-5,7-8,12-13,19-21,28H,6,9-11,14-18H2,1-3H3,(H,32,33)/i3D3,6D2,9D2,14D2,15D2,17D2. The second kappa shape index (κ2) is 10.3. The number of nitrogens with one attached hydrogen (secondary N) is 1. The number of esters is 1. The van der Waals surface area contributed by atoms with Gasteiger partial charge in [0.1, 0.15) is 17.2 Å². The van der Waals surface area contributed by atoms with Crippen molar-refractivity contribution in [2.45, 2.75) is 70.1 Å². The van der Waals surface area contributed by atoms with E-state index in [4.69, 9.17) is 19.8 Å². The smallest absolute Gasteiger partial charge is 0.309 e. The minimum atomic E-state index is -3.66. The molecular formula is C30H38FN3O2. The van der Waals surface area contributed by atoms with Crippen LogP contribution in [0.2, 0.25) is 0 Å². The molecule has 5 rings (SSSR count). The normalized spacial score (nSPS) is 31.5. The van der Waals surface area contributed by atoms with Crippen LogP contribution in [0.1, 0.15) is 86.5 Å². The molecule has 36 heavy (non-hydrogen) atoms. The Hall–Kier alpha value is -2.73. The molecule has 0 spiro atoms. The Morgan fingerprint density at radius 3 is 2.94 bits per heavy atom. The highest BCUT2D eigenvalue weighted by Gasteiger charge is 2.49. The number of hydrogen-bond acceptors (Lipinski definition) is 4. The molecule has 0 amide bonds. The van der Waals surface area contributed by atoms with Crippen LogP contribution in [0.15, 0.2) is 42.5 Å². The van der Waals surface area contributed by atoms with E-state index in [0.717, 1.165) is 12.1 Å². The molecule has 1 heterocycles. The zero-order valence-electron chi connectivity index (χ0n) is 33.2. The van der Waals surface area contributed by atoms with Crippen LogP contribution in [-0.4, -0.2) is 46.5 Å². The average Bonchev–Trinajstić information content (AvgIpc) is 3.74. The lowest BCUT2D eigenvalue weighted by molar-refractivity contribution is -0.169. The first-order valence-electron chi connectivity index (χ1n) is 18.6. The summed E-state index contributed by atoms with van der Waals surface area (Å²) in [5.41, 5.74) is -2.09. The van der Waals surface area contributed by atoms with Crippen LogP contribution in [0.25, 0.3) is 11.0 Å². The number of rotatable bonds is 10. The highest BCUT2D eigenvalue weighted by Crippen LogP contribution is 2.49. The fraction of sp³-hybridized carbons (Fsp3) is 0.533. The van der Waals surface area contributed by atoms with Gasteiger partial charge in [0.05, 0.1) is 17.0 Å². The lowest BCUT2D eigenvalue weighted by atomic mass is 9.65. The van der Waals surface area contributed by atoms with Crippen molar-refractivity contribution in [3.63, 3.8) is 0 Å². The van der Waals surface area contributed by atoms with Crippen LogP contribution in [0, 0.1) is 17.7 Å². The van der Waals surface area contributed by atoms with E-state index in [-0.39, 0.29) is 21.5 Å². The molecule has 1 saturated carbocycles. The summed E-state index contributed by atoms with van der Waals surface area (Å²) in [4.78, 5) is 20.2. The van der Waals surface area contributed by atoms with Gasteiger partial charge in [-0.1, -0.05) is 32.0 Å². The molecule has 1 fully saturated rings. The third-order valence-electron chi connectivity index (χ3n) is 6.59. The van der Waals surface area contributed by atoms with E-state index in [1.54, 1.807) is 32.0 Å². The number of H-pyrrole nitrogens is 1. The summed E-state index contributed by atoms with van der Waals surface area (Å²) in [5.74, 6) is -4.69. The Balaban J connectivity index is 1.64. The molecule has 0 saturated heterocycles. The number of nitrogens with zero attached hydrogens (tertiary/aromatic N) is 2. The summed E-state index contributed by atoms with van der Waals surface area (Å²) in [6.45, 7) is -4.85. The second-order valence-electron chi connectivity index (χ2n) is 9.65. The third kappa shape index (κ3) is 5.34. The van der Waals surface area contributed by atoms with Gasteiger partial charge in [0.2, 0.25) is 0 Å². The topological polar surface area (TPSA) is 58.2 Å². The number of benzene rings is 2. The van der Waals surface area contributed by atoms with Crippen molar-refractivity contribution in [3.05, 3.63) is 65.2 Å². The molecule has 3 aromatic rings. The van der Waals surface area contributed by atoms with E-state index in [0.29, 0.717) is 18.4 Å². The van der Waals surface area contributed by atoms with Crippen molar-refractivity contribution in [1.29, 1.82) is 0 Å². The highest BCUT2D eigenvalue weighted by molar-refractivity contribution is 5.76. The van der Waals surface area contributed by atoms with Gasteiger partial charge in [-0.15, -0.1) is 0 Å². The fourth-order valence-electron chi connectivity index (χ4n) is 4.75. The maximum Gasteiger partial charge on any atom is 0.309 e. The van der Waals surface area contributed by atoms with Gasteiger partial charge in [-0.3, -0.25) is 4.79 Å². The Morgan fingerprint density at radius 2 is 2.19 bits per heavy atom. The van der Waals surface area contributed by atoms with Crippen molar-refractivity contribution in [2.24, 2.45) is 11.8 Å². The SMILES string of the molecule is [2H]C([2H])([2H])N(CCC1(OC(=O)C2CC2)C(C(C)C)c2ccc(F)cc2C([2H])([2H])C1([2H])[2H])C([2H])([2H])C([2H])([2H])C([2H])([2H])c1nc2ccccc2[nH]1. The zero-order valence-corrected chi connectivity index (χ0v) is 20.2. The first-order valence-corrected chi connectivity index (χ1v) is 12.1. The Morgan fingerprint density at radius 1 is 1.36 bits per heavy atom. The minimum absolute atomic E-state index is 0.0798. The lowest BCUT2D eigenvalue weighted by Crippen LogP contribution is -2.48. The van der Waals surface area contributed by atoms with Crippen LogP contribution in [0.5, 0.6) is 0 Å². The van der Waals surface area contributed by atoms with Crippen molar-refractivity contribution >= 4 is 17.0 Å². The van der Waals surface area contributed by atoms with Crippen LogP contribution < -0.4 is 0 Å². The van der Waals surface area contributed by atoms with E-state index >= 15 is 0 Å². The number of carbonyl (C=O) groups excluding carboxylic acids is 1. The van der Waals surface area contributed by atoms with E-state index < -0.39 is 92.9 Å².